The van der Waals surface area contributed by atoms with Crippen molar-refractivity contribution in [3.8, 4) is 0 Å². The van der Waals surface area contributed by atoms with E-state index in [1.807, 2.05) is 0 Å². The van der Waals surface area contributed by atoms with Crippen molar-refractivity contribution in [2.24, 2.45) is 0 Å². The zero-order chi connectivity index (χ0) is 13.1. The van der Waals surface area contributed by atoms with Gasteiger partial charge in [0.15, 0.2) is 5.79 Å². The van der Waals surface area contributed by atoms with Gasteiger partial charge in [0.05, 0.1) is 12.2 Å². The van der Waals surface area contributed by atoms with Crippen molar-refractivity contribution in [2.45, 2.75) is 56.9 Å². The largest absolute Gasteiger partial charge is 0.390 e. The Morgan fingerprint density at radius 2 is 1.41 bits per heavy atom. The van der Waals surface area contributed by atoms with Crippen LogP contribution in [0.15, 0.2) is 25.3 Å². The van der Waals surface area contributed by atoms with E-state index in [0.717, 1.165) is 0 Å². The average Bonchev–Trinajstić information content (AvgIpc) is 2.55. The predicted octanol–water partition coefficient (Wildman–Crippen LogP) is 1.38. The molecule has 4 atom stereocenters. The van der Waals surface area contributed by atoms with Crippen LogP contribution in [-0.4, -0.2) is 40.4 Å². The molecule has 98 valence electrons. The lowest BCUT2D eigenvalue weighted by atomic mass is 9.99. The minimum Gasteiger partial charge on any atom is -0.390 e. The Balaban J connectivity index is 2.76. The summed E-state index contributed by atoms with van der Waals surface area (Å²) in [4.78, 5) is 0. The fraction of sp³-hybridized carbons (Fsp3) is 0.692. The first-order chi connectivity index (χ1) is 7.91. The maximum atomic E-state index is 9.96. The molecule has 0 aromatic rings. The molecule has 0 aromatic carbocycles. The maximum absolute atomic E-state index is 9.96. The van der Waals surface area contributed by atoms with Crippen LogP contribution in [0.1, 0.15) is 26.7 Å². The fourth-order valence-electron chi connectivity index (χ4n) is 2.02. The first-order valence-corrected chi connectivity index (χ1v) is 5.85. The quantitative estimate of drug-likeness (QED) is 0.691. The zero-order valence-corrected chi connectivity index (χ0v) is 10.5. The summed E-state index contributed by atoms with van der Waals surface area (Å²) >= 11 is 0. The summed E-state index contributed by atoms with van der Waals surface area (Å²) in [6.45, 7) is 10.7. The Kier molecular flexibility index (Phi) is 4.89. The second-order valence-electron chi connectivity index (χ2n) is 4.75. The maximum Gasteiger partial charge on any atom is 0.164 e. The molecule has 4 heteroatoms. The van der Waals surface area contributed by atoms with Gasteiger partial charge in [0.2, 0.25) is 0 Å². The van der Waals surface area contributed by atoms with Crippen molar-refractivity contribution in [1.82, 2.24) is 0 Å². The van der Waals surface area contributed by atoms with E-state index in [1.54, 1.807) is 26.0 Å². The third-order valence-corrected chi connectivity index (χ3v) is 2.74. The molecule has 17 heavy (non-hydrogen) atoms. The topological polar surface area (TPSA) is 58.9 Å². The predicted molar refractivity (Wildman–Crippen MR) is 65.5 cm³/mol. The molecule has 4 unspecified atom stereocenters. The van der Waals surface area contributed by atoms with Crippen LogP contribution >= 0.6 is 0 Å². The molecule has 1 aliphatic heterocycles. The summed E-state index contributed by atoms with van der Waals surface area (Å²) in [6.07, 6.45) is 1.52. The SMILES string of the molecule is C=CCC(O)C1OC(C)(C)OC1C(O)CC=C. The van der Waals surface area contributed by atoms with Crippen LogP contribution in [0.4, 0.5) is 0 Å². The van der Waals surface area contributed by atoms with Crippen LogP contribution in [0.2, 0.25) is 0 Å². The van der Waals surface area contributed by atoms with E-state index < -0.39 is 30.2 Å². The van der Waals surface area contributed by atoms with Crippen LogP contribution in [0.5, 0.6) is 0 Å². The standard InChI is InChI=1S/C13H22O4/c1-5-7-9(14)11-12(10(15)8-6-2)17-13(3,4)16-11/h5-6,9-12,14-15H,1-2,7-8H2,3-4H3. The third-order valence-electron chi connectivity index (χ3n) is 2.74. The first kappa shape index (κ1) is 14.4. The summed E-state index contributed by atoms with van der Waals surface area (Å²) in [6, 6.07) is 0. The molecule has 4 nitrogen and oxygen atoms in total. The van der Waals surface area contributed by atoms with Crippen molar-refractivity contribution in [2.75, 3.05) is 0 Å². The van der Waals surface area contributed by atoms with E-state index in [2.05, 4.69) is 13.2 Å². The lowest BCUT2D eigenvalue weighted by Gasteiger charge is -2.24. The number of rotatable bonds is 6. The molecular formula is C13H22O4. The fourth-order valence-corrected chi connectivity index (χ4v) is 2.02. The Hall–Kier alpha value is -0.680. The highest BCUT2D eigenvalue weighted by molar-refractivity contribution is 4.94. The number of ether oxygens (including phenoxy) is 2. The minimum atomic E-state index is -0.792. The van der Waals surface area contributed by atoms with E-state index in [-0.39, 0.29) is 0 Å². The molecular weight excluding hydrogens is 220 g/mol. The van der Waals surface area contributed by atoms with Gasteiger partial charge in [0.25, 0.3) is 0 Å². The smallest absolute Gasteiger partial charge is 0.164 e. The Morgan fingerprint density at radius 1 is 1.06 bits per heavy atom. The van der Waals surface area contributed by atoms with E-state index in [9.17, 15) is 10.2 Å². The van der Waals surface area contributed by atoms with Crippen molar-refractivity contribution in [3.05, 3.63) is 25.3 Å². The average molecular weight is 242 g/mol. The van der Waals surface area contributed by atoms with Gasteiger partial charge in [-0.25, -0.2) is 0 Å². The van der Waals surface area contributed by atoms with Gasteiger partial charge in [-0.05, 0) is 26.7 Å². The van der Waals surface area contributed by atoms with Crippen molar-refractivity contribution in [3.63, 3.8) is 0 Å². The third kappa shape index (κ3) is 3.64. The molecule has 0 bridgehead atoms. The van der Waals surface area contributed by atoms with Gasteiger partial charge in [-0.2, -0.15) is 0 Å². The van der Waals surface area contributed by atoms with E-state index in [4.69, 9.17) is 9.47 Å². The van der Waals surface area contributed by atoms with Gasteiger partial charge in [-0.15, -0.1) is 13.2 Å². The van der Waals surface area contributed by atoms with E-state index in [1.165, 1.54) is 0 Å². The van der Waals surface area contributed by atoms with Crippen LogP contribution < -0.4 is 0 Å². The summed E-state index contributed by atoms with van der Waals surface area (Å²) in [5.74, 6) is -0.792. The number of hydrogen-bond donors (Lipinski definition) is 2. The van der Waals surface area contributed by atoms with E-state index in [0.29, 0.717) is 12.8 Å². The molecule has 1 fully saturated rings. The lowest BCUT2D eigenvalue weighted by Crippen LogP contribution is -2.41. The summed E-state index contributed by atoms with van der Waals surface area (Å²) < 4.78 is 11.3. The molecule has 2 N–H and O–H groups in total. The van der Waals surface area contributed by atoms with Crippen LogP contribution in [0.25, 0.3) is 0 Å². The molecule has 1 rings (SSSR count). The van der Waals surface area contributed by atoms with Gasteiger partial charge < -0.3 is 19.7 Å². The Labute approximate surface area is 103 Å². The molecule has 0 amide bonds. The van der Waals surface area contributed by atoms with Gasteiger partial charge in [-0.1, -0.05) is 12.2 Å². The van der Waals surface area contributed by atoms with E-state index >= 15 is 0 Å². The molecule has 1 aliphatic rings. The van der Waals surface area contributed by atoms with Crippen molar-refractivity contribution >= 4 is 0 Å². The molecule has 0 radical (unpaired) electrons. The second kappa shape index (κ2) is 5.78. The monoisotopic (exact) mass is 242 g/mol. The number of hydrogen-bond acceptors (Lipinski definition) is 4. The van der Waals surface area contributed by atoms with Gasteiger partial charge in [0.1, 0.15) is 12.2 Å². The minimum absolute atomic E-state index is 0.404. The molecule has 1 saturated heterocycles. The molecule has 0 spiro atoms. The van der Waals surface area contributed by atoms with Gasteiger partial charge in [-0.3, -0.25) is 0 Å². The first-order valence-electron chi connectivity index (χ1n) is 5.85. The van der Waals surface area contributed by atoms with Gasteiger partial charge >= 0.3 is 0 Å². The molecule has 0 aliphatic carbocycles. The Morgan fingerprint density at radius 3 is 1.71 bits per heavy atom. The number of aliphatic hydroxyl groups is 2. The molecule has 1 heterocycles. The lowest BCUT2D eigenvalue weighted by molar-refractivity contribution is -0.160. The molecule has 0 saturated carbocycles. The summed E-state index contributed by atoms with van der Waals surface area (Å²) in [5.41, 5.74) is 0. The van der Waals surface area contributed by atoms with Crippen molar-refractivity contribution < 1.29 is 19.7 Å². The second-order valence-corrected chi connectivity index (χ2v) is 4.75. The van der Waals surface area contributed by atoms with Gasteiger partial charge in [0, 0.05) is 0 Å². The van der Waals surface area contributed by atoms with Crippen LogP contribution in [0.3, 0.4) is 0 Å². The highest BCUT2D eigenvalue weighted by Gasteiger charge is 2.47. The van der Waals surface area contributed by atoms with Crippen LogP contribution in [0, 0.1) is 0 Å². The summed E-state index contributed by atoms with van der Waals surface area (Å²) in [5, 5.41) is 19.9. The highest BCUT2D eigenvalue weighted by atomic mass is 16.8. The zero-order valence-electron chi connectivity index (χ0n) is 10.5. The molecule has 0 aromatic heterocycles. The number of aliphatic hydroxyl groups excluding tert-OH is 2. The summed E-state index contributed by atoms with van der Waals surface area (Å²) in [7, 11) is 0. The van der Waals surface area contributed by atoms with Crippen molar-refractivity contribution in [1.29, 1.82) is 0 Å². The highest BCUT2D eigenvalue weighted by Crippen LogP contribution is 2.33. The normalized spacial score (nSPS) is 30.8. The Bertz CT molecular complexity index is 249. The van der Waals surface area contributed by atoms with Crippen LogP contribution in [-0.2, 0) is 9.47 Å².